The Hall–Kier alpha value is -3.49. The molecule has 0 radical (unpaired) electrons. The Balaban J connectivity index is 1.09. The Bertz CT molecular complexity index is 1180. The number of aromatic nitrogens is 2. The minimum atomic E-state index is -0.0837. The van der Waals surface area contributed by atoms with Crippen LogP contribution in [-0.4, -0.2) is 78.1 Å². The minimum absolute atomic E-state index is 0.0433. The van der Waals surface area contributed by atoms with Gasteiger partial charge in [0.1, 0.15) is 0 Å². The number of hydrogen-bond donors (Lipinski definition) is 3. The molecule has 8 heteroatoms. The Morgan fingerprint density at radius 1 is 0.972 bits per heavy atom. The lowest BCUT2D eigenvalue weighted by Gasteiger charge is -2.32. The number of nitrogens with zero attached hydrogens (tertiary/aromatic N) is 3. The Morgan fingerprint density at radius 3 is 2.31 bits per heavy atom. The van der Waals surface area contributed by atoms with Gasteiger partial charge in [-0.1, -0.05) is 36.4 Å². The number of rotatable bonds is 9. The second-order valence-corrected chi connectivity index (χ2v) is 9.88. The van der Waals surface area contributed by atoms with Crippen molar-refractivity contribution in [3.8, 4) is 11.1 Å². The summed E-state index contributed by atoms with van der Waals surface area (Å²) < 4.78 is 0. The molecule has 2 fully saturated rings. The number of hydrogen-bond acceptors (Lipinski definition) is 5. The maximum absolute atomic E-state index is 12.5. The van der Waals surface area contributed by atoms with Crippen LogP contribution in [0.1, 0.15) is 40.4 Å². The molecule has 2 aliphatic rings. The summed E-state index contributed by atoms with van der Waals surface area (Å²) in [5, 5.41) is 13.1. The van der Waals surface area contributed by atoms with E-state index >= 15 is 0 Å². The number of likely N-dealkylation sites (N-methyl/N-ethyl adjacent to an activating group) is 1. The van der Waals surface area contributed by atoms with Crippen molar-refractivity contribution in [2.75, 3.05) is 51.6 Å². The molecule has 2 heterocycles. The van der Waals surface area contributed by atoms with E-state index in [0.717, 1.165) is 55.1 Å². The Kier molecular flexibility index (Phi) is 7.44. The summed E-state index contributed by atoms with van der Waals surface area (Å²) in [7, 11) is 2.14. The fraction of sp³-hybridized carbons (Fsp3) is 0.393. The van der Waals surface area contributed by atoms with Crippen molar-refractivity contribution in [3.63, 3.8) is 0 Å². The van der Waals surface area contributed by atoms with Crippen molar-refractivity contribution >= 4 is 17.6 Å². The average Bonchev–Trinajstić information content (AvgIpc) is 3.64. The van der Waals surface area contributed by atoms with Crippen molar-refractivity contribution in [1.82, 2.24) is 25.3 Å². The average molecular weight is 487 g/mol. The van der Waals surface area contributed by atoms with Gasteiger partial charge in [-0.05, 0) is 48.7 Å². The molecule has 1 aromatic heterocycles. The van der Waals surface area contributed by atoms with E-state index in [1.54, 1.807) is 0 Å². The quantitative estimate of drug-likeness (QED) is 0.432. The molecule has 1 aliphatic heterocycles. The first-order valence-corrected chi connectivity index (χ1v) is 12.8. The van der Waals surface area contributed by atoms with Crippen LogP contribution in [0.3, 0.4) is 0 Å². The number of H-pyrrole nitrogens is 1. The molecule has 0 bridgehead atoms. The van der Waals surface area contributed by atoms with Gasteiger partial charge in [-0.15, -0.1) is 0 Å². The zero-order chi connectivity index (χ0) is 24.9. The van der Waals surface area contributed by atoms with Crippen LogP contribution in [0.5, 0.6) is 0 Å². The van der Waals surface area contributed by atoms with E-state index in [1.807, 2.05) is 54.6 Å². The summed E-state index contributed by atoms with van der Waals surface area (Å²) in [5.74, 6) is 1.03. The molecule has 0 spiro atoms. The van der Waals surface area contributed by atoms with Gasteiger partial charge in [0.05, 0.1) is 6.42 Å². The molecule has 8 nitrogen and oxygen atoms in total. The number of carbonyl (C=O) groups is 2. The zero-order valence-corrected chi connectivity index (χ0v) is 20.8. The van der Waals surface area contributed by atoms with Gasteiger partial charge in [0, 0.05) is 62.5 Å². The molecule has 188 valence electrons. The lowest BCUT2D eigenvalue weighted by atomic mass is 10.0. The van der Waals surface area contributed by atoms with Crippen LogP contribution < -0.4 is 10.6 Å². The second kappa shape index (κ2) is 11.1. The first-order valence-electron chi connectivity index (χ1n) is 12.8. The smallest absolute Gasteiger partial charge is 0.251 e. The molecule has 1 saturated heterocycles. The zero-order valence-electron chi connectivity index (χ0n) is 20.8. The van der Waals surface area contributed by atoms with E-state index in [9.17, 15) is 9.59 Å². The van der Waals surface area contributed by atoms with Crippen LogP contribution in [0.25, 0.3) is 11.1 Å². The normalized spacial score (nSPS) is 16.6. The molecule has 3 N–H and O–H groups in total. The fourth-order valence-electron chi connectivity index (χ4n) is 4.51. The lowest BCUT2D eigenvalue weighted by Crippen LogP contribution is -2.46. The van der Waals surface area contributed by atoms with Gasteiger partial charge < -0.3 is 15.5 Å². The first kappa shape index (κ1) is 24.2. The van der Waals surface area contributed by atoms with Crippen LogP contribution in [0, 0.1) is 0 Å². The highest BCUT2D eigenvalue weighted by Crippen LogP contribution is 2.39. The van der Waals surface area contributed by atoms with E-state index in [0.29, 0.717) is 30.3 Å². The maximum atomic E-state index is 12.5. The second-order valence-electron chi connectivity index (χ2n) is 9.88. The number of aromatic amines is 1. The molecule has 1 aliphatic carbocycles. The molecular formula is C28H34N6O2. The molecule has 0 atom stereocenters. The van der Waals surface area contributed by atoms with Crippen LogP contribution in [0.4, 0.5) is 5.82 Å². The fourth-order valence-corrected chi connectivity index (χ4v) is 4.51. The van der Waals surface area contributed by atoms with Crippen molar-refractivity contribution in [1.29, 1.82) is 0 Å². The summed E-state index contributed by atoms with van der Waals surface area (Å²) in [6.45, 7) is 5.80. The van der Waals surface area contributed by atoms with Crippen LogP contribution in [0.15, 0.2) is 54.6 Å². The van der Waals surface area contributed by atoms with Crippen LogP contribution in [-0.2, 0) is 11.2 Å². The van der Waals surface area contributed by atoms with Gasteiger partial charge in [-0.2, -0.15) is 5.10 Å². The molecule has 2 aromatic carbocycles. The van der Waals surface area contributed by atoms with E-state index in [-0.39, 0.29) is 11.8 Å². The predicted octanol–water partition coefficient (Wildman–Crippen LogP) is 3.11. The highest BCUT2D eigenvalue weighted by Gasteiger charge is 2.25. The summed E-state index contributed by atoms with van der Waals surface area (Å²) in [4.78, 5) is 29.6. The van der Waals surface area contributed by atoms with Gasteiger partial charge in [0.15, 0.2) is 5.82 Å². The third-order valence-corrected chi connectivity index (χ3v) is 6.99. The molecule has 2 amide bonds. The lowest BCUT2D eigenvalue weighted by molar-refractivity contribution is -0.115. The number of piperazine rings is 1. The first-order chi connectivity index (χ1) is 17.5. The Labute approximate surface area is 212 Å². The highest BCUT2D eigenvalue weighted by molar-refractivity contribution is 5.94. The molecule has 36 heavy (non-hydrogen) atoms. The number of carbonyl (C=O) groups excluding carboxylic acids is 2. The van der Waals surface area contributed by atoms with Gasteiger partial charge in [0.25, 0.3) is 5.91 Å². The summed E-state index contributed by atoms with van der Waals surface area (Å²) in [6, 6.07) is 17.5. The molecule has 1 saturated carbocycles. The Morgan fingerprint density at radius 2 is 1.64 bits per heavy atom. The van der Waals surface area contributed by atoms with E-state index in [1.165, 1.54) is 12.8 Å². The topological polar surface area (TPSA) is 93.4 Å². The highest BCUT2D eigenvalue weighted by atomic mass is 16.2. The maximum Gasteiger partial charge on any atom is 0.251 e. The van der Waals surface area contributed by atoms with Gasteiger partial charge in [0.2, 0.25) is 5.91 Å². The standard InChI is InChI=1S/C28H34N6O2/c1-33-14-16-34(17-15-33)13-12-29-28(36)24-10-6-22(7-11-24)21-4-2-20(3-5-21)18-27(35)30-26-19-25(31-32-26)23-8-9-23/h2-7,10-11,19,23H,8-9,12-18H2,1H3,(H,29,36)(H2,30,31,32,35). The number of nitrogens with one attached hydrogen (secondary N) is 3. The number of benzene rings is 2. The van der Waals surface area contributed by atoms with E-state index in [2.05, 4.69) is 37.7 Å². The number of anilines is 1. The van der Waals surface area contributed by atoms with Crippen molar-refractivity contribution in [2.45, 2.75) is 25.2 Å². The van der Waals surface area contributed by atoms with Crippen LogP contribution >= 0.6 is 0 Å². The monoisotopic (exact) mass is 486 g/mol. The van der Waals surface area contributed by atoms with Crippen molar-refractivity contribution in [3.05, 3.63) is 71.4 Å². The van der Waals surface area contributed by atoms with E-state index < -0.39 is 0 Å². The summed E-state index contributed by atoms with van der Waals surface area (Å²) in [6.07, 6.45) is 2.67. The summed E-state index contributed by atoms with van der Waals surface area (Å²) in [5.41, 5.74) is 4.77. The molecule has 0 unspecified atom stereocenters. The SMILES string of the molecule is CN1CCN(CCNC(=O)c2ccc(-c3ccc(CC(=O)Nc4cc(C5CC5)[nH]n4)cc3)cc2)CC1. The third kappa shape index (κ3) is 6.38. The van der Waals surface area contributed by atoms with Gasteiger partial charge in [-0.3, -0.25) is 19.6 Å². The van der Waals surface area contributed by atoms with Gasteiger partial charge >= 0.3 is 0 Å². The van der Waals surface area contributed by atoms with Crippen LogP contribution in [0.2, 0.25) is 0 Å². The van der Waals surface area contributed by atoms with Gasteiger partial charge in [-0.25, -0.2) is 0 Å². The number of amides is 2. The van der Waals surface area contributed by atoms with Crippen molar-refractivity contribution < 1.29 is 9.59 Å². The minimum Gasteiger partial charge on any atom is -0.351 e. The predicted molar refractivity (Wildman–Crippen MR) is 141 cm³/mol. The summed E-state index contributed by atoms with van der Waals surface area (Å²) >= 11 is 0. The molecule has 5 rings (SSSR count). The molecular weight excluding hydrogens is 452 g/mol. The van der Waals surface area contributed by atoms with E-state index in [4.69, 9.17) is 0 Å². The third-order valence-electron chi connectivity index (χ3n) is 6.99. The molecule has 3 aromatic rings. The largest absolute Gasteiger partial charge is 0.351 e. The van der Waals surface area contributed by atoms with Crippen molar-refractivity contribution in [2.24, 2.45) is 0 Å².